The number of morpholine rings is 1. The lowest BCUT2D eigenvalue weighted by molar-refractivity contribution is 0.0730. The molecule has 1 saturated carbocycles. The standard InChI is InChI=1S/C22H25FN2O4S2/c23-21-10-9-19(31(27,28)25-11-13-29-14-12-25)15-20(21)22(26)24-16-5-7-18(8-6-16)30-17-3-1-2-4-17/h5-10,15,17H,1-4,11-14H2,(H,24,26). The van der Waals surface area contributed by atoms with Crippen LogP contribution in [0.1, 0.15) is 36.0 Å². The molecule has 2 aromatic rings. The van der Waals surface area contributed by atoms with Gasteiger partial charge in [-0.25, -0.2) is 12.8 Å². The van der Waals surface area contributed by atoms with E-state index in [2.05, 4.69) is 5.32 Å². The molecular weight excluding hydrogens is 439 g/mol. The molecule has 0 unspecified atom stereocenters. The van der Waals surface area contributed by atoms with Gasteiger partial charge in [0.2, 0.25) is 10.0 Å². The van der Waals surface area contributed by atoms with Gasteiger partial charge in [-0.15, -0.1) is 11.8 Å². The molecule has 2 fully saturated rings. The lowest BCUT2D eigenvalue weighted by Crippen LogP contribution is -2.40. The first-order valence-electron chi connectivity index (χ1n) is 10.4. The highest BCUT2D eigenvalue weighted by atomic mass is 32.2. The Kier molecular flexibility index (Phi) is 6.95. The van der Waals surface area contributed by atoms with Crippen molar-refractivity contribution in [3.63, 3.8) is 0 Å². The molecule has 0 spiro atoms. The average Bonchev–Trinajstić information content (AvgIpc) is 3.29. The Hall–Kier alpha value is -1.94. The number of hydrogen-bond acceptors (Lipinski definition) is 5. The van der Waals surface area contributed by atoms with Crippen LogP contribution < -0.4 is 5.32 Å². The van der Waals surface area contributed by atoms with E-state index in [1.165, 1.54) is 36.1 Å². The topological polar surface area (TPSA) is 75.7 Å². The SMILES string of the molecule is O=C(Nc1ccc(SC2CCCC2)cc1)c1cc(S(=O)(=O)N2CCOCC2)ccc1F. The van der Waals surface area contributed by atoms with E-state index in [0.29, 0.717) is 24.2 Å². The van der Waals surface area contributed by atoms with Crippen molar-refractivity contribution in [1.82, 2.24) is 4.31 Å². The molecule has 6 nitrogen and oxygen atoms in total. The molecule has 2 aliphatic rings. The fourth-order valence-electron chi connectivity index (χ4n) is 3.79. The smallest absolute Gasteiger partial charge is 0.258 e. The number of rotatable bonds is 6. The highest BCUT2D eigenvalue weighted by Crippen LogP contribution is 2.35. The maximum atomic E-state index is 14.4. The van der Waals surface area contributed by atoms with E-state index < -0.39 is 21.7 Å². The minimum Gasteiger partial charge on any atom is -0.379 e. The predicted molar refractivity (Wildman–Crippen MR) is 118 cm³/mol. The van der Waals surface area contributed by atoms with Gasteiger partial charge in [-0.2, -0.15) is 4.31 Å². The first-order chi connectivity index (χ1) is 14.9. The highest BCUT2D eigenvalue weighted by molar-refractivity contribution is 8.00. The van der Waals surface area contributed by atoms with Crippen LogP contribution in [0.5, 0.6) is 0 Å². The fourth-order valence-corrected chi connectivity index (χ4v) is 6.47. The highest BCUT2D eigenvalue weighted by Gasteiger charge is 2.28. The van der Waals surface area contributed by atoms with Crippen LogP contribution in [0.2, 0.25) is 0 Å². The number of ether oxygens (including phenoxy) is 1. The van der Waals surface area contributed by atoms with Crippen LogP contribution in [0.25, 0.3) is 0 Å². The molecule has 31 heavy (non-hydrogen) atoms. The quantitative estimate of drug-likeness (QED) is 0.696. The molecule has 1 aliphatic heterocycles. The largest absolute Gasteiger partial charge is 0.379 e. The number of anilines is 1. The number of benzene rings is 2. The minimum atomic E-state index is -3.82. The third-order valence-corrected chi connectivity index (χ3v) is 8.75. The molecule has 1 aliphatic carbocycles. The number of carbonyl (C=O) groups excluding carboxylic acids is 1. The van der Waals surface area contributed by atoms with Crippen LogP contribution >= 0.6 is 11.8 Å². The van der Waals surface area contributed by atoms with Gasteiger partial charge in [0.1, 0.15) is 5.82 Å². The van der Waals surface area contributed by atoms with Crippen molar-refractivity contribution in [3.8, 4) is 0 Å². The van der Waals surface area contributed by atoms with Gasteiger partial charge in [0.05, 0.1) is 23.7 Å². The molecule has 166 valence electrons. The van der Waals surface area contributed by atoms with E-state index in [4.69, 9.17) is 4.74 Å². The monoisotopic (exact) mass is 464 g/mol. The van der Waals surface area contributed by atoms with Gasteiger partial charge in [-0.05, 0) is 55.3 Å². The summed E-state index contributed by atoms with van der Waals surface area (Å²) in [5, 5.41) is 3.31. The second-order valence-corrected chi connectivity index (χ2v) is 11.0. The summed E-state index contributed by atoms with van der Waals surface area (Å²) in [5.41, 5.74) is 0.223. The zero-order valence-corrected chi connectivity index (χ0v) is 18.7. The van der Waals surface area contributed by atoms with E-state index in [1.807, 2.05) is 23.9 Å². The van der Waals surface area contributed by atoms with Crippen molar-refractivity contribution in [1.29, 1.82) is 0 Å². The van der Waals surface area contributed by atoms with Gasteiger partial charge in [-0.1, -0.05) is 12.8 Å². The van der Waals surface area contributed by atoms with Crippen molar-refractivity contribution in [3.05, 3.63) is 53.8 Å². The average molecular weight is 465 g/mol. The van der Waals surface area contributed by atoms with Crippen molar-refractivity contribution in [2.24, 2.45) is 0 Å². The maximum Gasteiger partial charge on any atom is 0.258 e. The zero-order chi connectivity index (χ0) is 21.8. The second-order valence-electron chi connectivity index (χ2n) is 7.66. The summed E-state index contributed by atoms with van der Waals surface area (Å²) in [5.74, 6) is -1.46. The van der Waals surface area contributed by atoms with Gasteiger partial charge in [0, 0.05) is 28.9 Å². The van der Waals surface area contributed by atoms with Gasteiger partial charge in [-0.3, -0.25) is 4.79 Å². The molecule has 1 heterocycles. The summed E-state index contributed by atoms with van der Waals surface area (Å²) in [6.07, 6.45) is 5.01. The van der Waals surface area contributed by atoms with E-state index in [0.717, 1.165) is 17.0 Å². The number of amides is 1. The summed E-state index contributed by atoms with van der Waals surface area (Å²) in [6, 6.07) is 10.7. The Morgan fingerprint density at radius 1 is 1.06 bits per heavy atom. The van der Waals surface area contributed by atoms with Crippen LogP contribution in [0, 0.1) is 5.82 Å². The summed E-state index contributed by atoms with van der Waals surface area (Å²) in [4.78, 5) is 13.7. The number of nitrogens with one attached hydrogen (secondary N) is 1. The third-order valence-electron chi connectivity index (χ3n) is 5.51. The Morgan fingerprint density at radius 3 is 2.42 bits per heavy atom. The van der Waals surface area contributed by atoms with E-state index in [-0.39, 0.29) is 23.5 Å². The number of hydrogen-bond donors (Lipinski definition) is 1. The van der Waals surface area contributed by atoms with Crippen molar-refractivity contribution >= 4 is 33.4 Å². The van der Waals surface area contributed by atoms with Gasteiger partial charge in [0.15, 0.2) is 0 Å². The molecule has 0 atom stereocenters. The number of nitrogens with zero attached hydrogens (tertiary/aromatic N) is 1. The van der Waals surface area contributed by atoms with Crippen LogP contribution in [0.4, 0.5) is 10.1 Å². The fraction of sp³-hybridized carbons (Fsp3) is 0.409. The summed E-state index contributed by atoms with van der Waals surface area (Å²) >= 11 is 1.84. The normalized spacial score (nSPS) is 18.2. The first kappa shape index (κ1) is 22.3. The number of sulfonamides is 1. The van der Waals surface area contributed by atoms with Crippen LogP contribution in [-0.4, -0.2) is 50.2 Å². The predicted octanol–water partition coefficient (Wildman–Crippen LogP) is 4.13. The molecule has 1 N–H and O–H groups in total. The molecule has 1 saturated heterocycles. The molecule has 1 amide bonds. The summed E-state index contributed by atoms with van der Waals surface area (Å²) < 4.78 is 46.5. The Bertz CT molecular complexity index is 1030. The van der Waals surface area contributed by atoms with Crippen LogP contribution in [0.15, 0.2) is 52.3 Å². The molecule has 0 radical (unpaired) electrons. The molecule has 0 aromatic heterocycles. The number of thioether (sulfide) groups is 1. The van der Waals surface area contributed by atoms with Crippen LogP contribution in [0.3, 0.4) is 0 Å². The third kappa shape index (κ3) is 5.28. The van der Waals surface area contributed by atoms with Gasteiger partial charge in [0.25, 0.3) is 5.91 Å². The molecule has 2 aromatic carbocycles. The van der Waals surface area contributed by atoms with E-state index in [1.54, 1.807) is 12.1 Å². The summed E-state index contributed by atoms with van der Waals surface area (Å²) in [7, 11) is -3.82. The van der Waals surface area contributed by atoms with E-state index in [9.17, 15) is 17.6 Å². The van der Waals surface area contributed by atoms with Crippen LogP contribution in [-0.2, 0) is 14.8 Å². The molecule has 0 bridgehead atoms. The summed E-state index contributed by atoms with van der Waals surface area (Å²) in [6.45, 7) is 1.07. The van der Waals surface area contributed by atoms with Crippen molar-refractivity contribution < 1.29 is 22.3 Å². The molecule has 9 heteroatoms. The Morgan fingerprint density at radius 2 is 1.74 bits per heavy atom. The van der Waals surface area contributed by atoms with Gasteiger partial charge < -0.3 is 10.1 Å². The lowest BCUT2D eigenvalue weighted by atomic mass is 10.2. The lowest BCUT2D eigenvalue weighted by Gasteiger charge is -2.26. The Balaban J connectivity index is 1.47. The first-order valence-corrected chi connectivity index (χ1v) is 12.7. The van der Waals surface area contributed by atoms with E-state index >= 15 is 0 Å². The number of carbonyl (C=O) groups is 1. The van der Waals surface area contributed by atoms with Crippen molar-refractivity contribution in [2.75, 3.05) is 31.6 Å². The Labute approximate surface area is 186 Å². The molecular formula is C22H25FN2O4S2. The second kappa shape index (κ2) is 9.68. The van der Waals surface area contributed by atoms with Crippen molar-refractivity contribution in [2.45, 2.75) is 40.7 Å². The van der Waals surface area contributed by atoms with Gasteiger partial charge >= 0.3 is 0 Å². The minimum absolute atomic E-state index is 0.107. The number of halogens is 1. The maximum absolute atomic E-state index is 14.4. The molecule has 4 rings (SSSR count). The zero-order valence-electron chi connectivity index (χ0n) is 17.1.